The maximum Gasteiger partial charge on any atom is 0.0621 e. The SMILES string of the molecule is CN1CCC(CN(C)CC2COCC2N)C1. The second-order valence-electron chi connectivity index (χ2n) is 5.60. The number of ether oxygens (including phenoxy) is 1. The van der Waals surface area contributed by atoms with Gasteiger partial charge in [-0.2, -0.15) is 0 Å². The molecule has 4 nitrogen and oxygen atoms in total. The molecule has 2 heterocycles. The first-order chi connectivity index (χ1) is 7.65. The first-order valence-corrected chi connectivity index (χ1v) is 6.35. The van der Waals surface area contributed by atoms with Gasteiger partial charge in [-0.15, -0.1) is 0 Å². The number of hydrogen-bond donors (Lipinski definition) is 1. The van der Waals surface area contributed by atoms with E-state index in [1.165, 1.54) is 26.1 Å². The van der Waals surface area contributed by atoms with Gasteiger partial charge in [-0.1, -0.05) is 0 Å². The molecule has 16 heavy (non-hydrogen) atoms. The minimum Gasteiger partial charge on any atom is -0.379 e. The number of likely N-dealkylation sites (tertiary alicyclic amines) is 1. The Kier molecular flexibility index (Phi) is 4.19. The van der Waals surface area contributed by atoms with Crippen molar-refractivity contribution >= 4 is 0 Å². The van der Waals surface area contributed by atoms with Gasteiger partial charge in [0.15, 0.2) is 0 Å². The Morgan fingerprint density at radius 3 is 2.75 bits per heavy atom. The van der Waals surface area contributed by atoms with E-state index in [0.717, 1.165) is 25.7 Å². The molecule has 2 saturated heterocycles. The third-order valence-corrected chi connectivity index (χ3v) is 3.85. The lowest BCUT2D eigenvalue weighted by Crippen LogP contribution is -2.38. The molecule has 0 aliphatic carbocycles. The Morgan fingerprint density at radius 2 is 2.19 bits per heavy atom. The lowest BCUT2D eigenvalue weighted by Gasteiger charge is -2.25. The molecule has 0 aromatic carbocycles. The van der Waals surface area contributed by atoms with Crippen LogP contribution in [0, 0.1) is 11.8 Å². The standard InChI is InChI=1S/C12H25N3O/c1-14-4-3-10(5-14)6-15(2)7-11-8-16-9-12(11)13/h10-12H,3-9,13H2,1-2H3. The molecule has 2 aliphatic heterocycles. The number of hydrogen-bond acceptors (Lipinski definition) is 4. The summed E-state index contributed by atoms with van der Waals surface area (Å²) in [4.78, 5) is 4.85. The molecule has 0 amide bonds. The summed E-state index contributed by atoms with van der Waals surface area (Å²) in [5.41, 5.74) is 6.00. The van der Waals surface area contributed by atoms with Crippen LogP contribution in [-0.2, 0) is 4.74 Å². The third-order valence-electron chi connectivity index (χ3n) is 3.85. The first-order valence-electron chi connectivity index (χ1n) is 6.35. The Bertz CT molecular complexity index is 224. The average Bonchev–Trinajstić information content (AvgIpc) is 2.77. The smallest absolute Gasteiger partial charge is 0.0621 e. The van der Waals surface area contributed by atoms with E-state index in [-0.39, 0.29) is 6.04 Å². The summed E-state index contributed by atoms with van der Waals surface area (Å²) >= 11 is 0. The first kappa shape index (κ1) is 12.3. The van der Waals surface area contributed by atoms with Crippen LogP contribution in [0.5, 0.6) is 0 Å². The van der Waals surface area contributed by atoms with Gasteiger partial charge in [0.1, 0.15) is 0 Å². The van der Waals surface area contributed by atoms with Crippen molar-refractivity contribution in [1.82, 2.24) is 9.80 Å². The van der Waals surface area contributed by atoms with Gasteiger partial charge < -0.3 is 20.3 Å². The van der Waals surface area contributed by atoms with Gasteiger partial charge >= 0.3 is 0 Å². The van der Waals surface area contributed by atoms with Crippen LogP contribution in [0.4, 0.5) is 0 Å². The van der Waals surface area contributed by atoms with Crippen molar-refractivity contribution in [1.29, 1.82) is 0 Å². The second-order valence-corrected chi connectivity index (χ2v) is 5.60. The Balaban J connectivity index is 1.69. The molecule has 4 heteroatoms. The van der Waals surface area contributed by atoms with Crippen LogP contribution in [0.1, 0.15) is 6.42 Å². The summed E-state index contributed by atoms with van der Waals surface area (Å²) in [5, 5.41) is 0. The van der Waals surface area contributed by atoms with Crippen LogP contribution in [0.3, 0.4) is 0 Å². The average molecular weight is 227 g/mol. The van der Waals surface area contributed by atoms with Crippen molar-refractivity contribution in [3.8, 4) is 0 Å². The van der Waals surface area contributed by atoms with Crippen molar-refractivity contribution in [3.63, 3.8) is 0 Å². The number of rotatable bonds is 4. The highest BCUT2D eigenvalue weighted by Crippen LogP contribution is 2.17. The van der Waals surface area contributed by atoms with Crippen LogP contribution in [-0.4, -0.2) is 69.3 Å². The number of nitrogens with zero attached hydrogens (tertiary/aromatic N) is 2. The minimum atomic E-state index is 0.244. The summed E-state index contributed by atoms with van der Waals surface area (Å²) < 4.78 is 5.40. The van der Waals surface area contributed by atoms with E-state index in [0.29, 0.717) is 5.92 Å². The third kappa shape index (κ3) is 3.17. The molecule has 2 N–H and O–H groups in total. The van der Waals surface area contributed by atoms with Crippen molar-refractivity contribution in [3.05, 3.63) is 0 Å². The summed E-state index contributed by atoms with van der Waals surface area (Å²) in [6.45, 7) is 6.37. The van der Waals surface area contributed by atoms with E-state index < -0.39 is 0 Å². The highest BCUT2D eigenvalue weighted by molar-refractivity contribution is 4.82. The van der Waals surface area contributed by atoms with E-state index >= 15 is 0 Å². The van der Waals surface area contributed by atoms with Gasteiger partial charge in [0, 0.05) is 31.6 Å². The van der Waals surface area contributed by atoms with E-state index in [1.807, 2.05) is 0 Å². The highest BCUT2D eigenvalue weighted by atomic mass is 16.5. The minimum absolute atomic E-state index is 0.244. The molecule has 2 fully saturated rings. The highest BCUT2D eigenvalue weighted by Gasteiger charge is 2.27. The van der Waals surface area contributed by atoms with Crippen LogP contribution >= 0.6 is 0 Å². The summed E-state index contributed by atoms with van der Waals surface area (Å²) in [6.07, 6.45) is 1.34. The van der Waals surface area contributed by atoms with Gasteiger partial charge in [-0.25, -0.2) is 0 Å². The van der Waals surface area contributed by atoms with E-state index in [9.17, 15) is 0 Å². The van der Waals surface area contributed by atoms with Gasteiger partial charge in [0.25, 0.3) is 0 Å². The Hall–Kier alpha value is -0.160. The zero-order valence-corrected chi connectivity index (χ0v) is 10.6. The van der Waals surface area contributed by atoms with Crippen molar-refractivity contribution in [2.45, 2.75) is 12.5 Å². The van der Waals surface area contributed by atoms with Gasteiger partial charge in [-0.3, -0.25) is 0 Å². The van der Waals surface area contributed by atoms with Gasteiger partial charge in [0.2, 0.25) is 0 Å². The molecule has 0 saturated carbocycles. The molecule has 3 unspecified atom stereocenters. The van der Waals surface area contributed by atoms with Gasteiger partial charge in [-0.05, 0) is 33.0 Å². The monoisotopic (exact) mass is 227 g/mol. The molecule has 0 aromatic rings. The zero-order valence-electron chi connectivity index (χ0n) is 10.6. The molecular formula is C12H25N3O. The molecule has 3 atom stereocenters. The molecule has 0 aromatic heterocycles. The Labute approximate surface area is 98.7 Å². The fourth-order valence-electron chi connectivity index (χ4n) is 2.89. The van der Waals surface area contributed by atoms with Crippen molar-refractivity contribution in [2.24, 2.45) is 17.6 Å². The fourth-order valence-corrected chi connectivity index (χ4v) is 2.89. The quantitative estimate of drug-likeness (QED) is 0.725. The molecule has 2 aliphatic rings. The van der Waals surface area contributed by atoms with E-state index in [2.05, 4.69) is 23.9 Å². The molecule has 94 valence electrons. The zero-order chi connectivity index (χ0) is 11.5. The molecule has 0 radical (unpaired) electrons. The number of nitrogens with two attached hydrogens (primary N) is 1. The lowest BCUT2D eigenvalue weighted by atomic mass is 10.0. The van der Waals surface area contributed by atoms with Crippen LogP contribution < -0.4 is 5.73 Å². The van der Waals surface area contributed by atoms with Crippen molar-refractivity contribution in [2.75, 3.05) is 53.5 Å². The van der Waals surface area contributed by atoms with Crippen LogP contribution in [0.2, 0.25) is 0 Å². The van der Waals surface area contributed by atoms with Crippen molar-refractivity contribution < 1.29 is 4.74 Å². The normalized spacial score (nSPS) is 36.4. The summed E-state index contributed by atoms with van der Waals surface area (Å²) in [5.74, 6) is 1.37. The van der Waals surface area contributed by atoms with Gasteiger partial charge in [0.05, 0.1) is 13.2 Å². The second kappa shape index (κ2) is 5.45. The predicted octanol–water partition coefficient (Wildman–Crippen LogP) is -0.156. The predicted molar refractivity (Wildman–Crippen MR) is 65.4 cm³/mol. The molecule has 0 bridgehead atoms. The lowest BCUT2D eigenvalue weighted by molar-refractivity contribution is 0.169. The van der Waals surface area contributed by atoms with Crippen LogP contribution in [0.15, 0.2) is 0 Å². The summed E-state index contributed by atoms with van der Waals surface area (Å²) in [6, 6.07) is 0.244. The van der Waals surface area contributed by atoms with Crippen LogP contribution in [0.25, 0.3) is 0 Å². The maximum absolute atomic E-state index is 6.00. The topological polar surface area (TPSA) is 41.7 Å². The molecule has 2 rings (SSSR count). The van der Waals surface area contributed by atoms with E-state index in [1.54, 1.807) is 0 Å². The summed E-state index contributed by atoms with van der Waals surface area (Å²) in [7, 11) is 4.42. The largest absolute Gasteiger partial charge is 0.379 e. The molecular weight excluding hydrogens is 202 g/mol. The Morgan fingerprint density at radius 1 is 1.38 bits per heavy atom. The van der Waals surface area contributed by atoms with E-state index in [4.69, 9.17) is 10.5 Å². The maximum atomic E-state index is 6.00. The fraction of sp³-hybridized carbons (Fsp3) is 1.00. The molecule has 0 spiro atoms.